The highest BCUT2D eigenvalue weighted by molar-refractivity contribution is 7.98. The van der Waals surface area contributed by atoms with Gasteiger partial charge in [0.2, 0.25) is 0 Å². The number of nitrogens with zero attached hydrogens (tertiary/aromatic N) is 3. The first-order chi connectivity index (χ1) is 14.3. The number of aromatic nitrogens is 3. The first-order valence-electron chi connectivity index (χ1n) is 9.05. The smallest absolute Gasteiger partial charge is 0.251 e. The van der Waals surface area contributed by atoms with Crippen LogP contribution in [0.4, 0.5) is 0 Å². The lowest BCUT2D eigenvalue weighted by molar-refractivity contribution is 0.0937. The molecule has 2 aromatic carbocycles. The molecule has 0 spiro atoms. The molecule has 1 heterocycles. The Labute approximate surface area is 199 Å². The summed E-state index contributed by atoms with van der Waals surface area (Å²) in [6, 6.07) is 9.94. The van der Waals surface area contributed by atoms with Crippen LogP contribution in [0.15, 0.2) is 41.6 Å². The number of amides is 1. The Balaban J connectivity index is 1.71. The summed E-state index contributed by atoms with van der Waals surface area (Å²) in [5, 5.41) is 14.0. The molecule has 0 bridgehead atoms. The molecule has 0 saturated carbocycles. The highest BCUT2D eigenvalue weighted by Gasteiger charge is 2.20. The predicted octanol–water partition coefficient (Wildman–Crippen LogP) is 6.69. The third kappa shape index (κ3) is 5.42. The molecule has 0 unspecified atom stereocenters. The van der Waals surface area contributed by atoms with Crippen LogP contribution in [0.5, 0.6) is 0 Å². The highest BCUT2D eigenvalue weighted by atomic mass is 35.5. The molecule has 0 saturated heterocycles. The normalized spacial score (nSPS) is 12.1. The molecule has 0 fully saturated rings. The van der Waals surface area contributed by atoms with Gasteiger partial charge in [0.15, 0.2) is 11.0 Å². The monoisotopic (exact) mass is 502 g/mol. The number of carbonyl (C=O) groups excluding carboxylic acids is 1. The van der Waals surface area contributed by atoms with Gasteiger partial charge < -0.3 is 9.88 Å². The SMILES string of the molecule is CCn1c(SCc2ccc(Cl)c(Cl)c2)nnc1[C@H](C)NC(=O)c1ccc(Cl)c(Cl)c1. The number of nitrogens with one attached hydrogen (secondary N) is 1. The van der Waals surface area contributed by atoms with E-state index >= 15 is 0 Å². The summed E-state index contributed by atoms with van der Waals surface area (Å²) >= 11 is 25.5. The van der Waals surface area contributed by atoms with Crippen molar-refractivity contribution in [2.45, 2.75) is 37.3 Å². The summed E-state index contributed by atoms with van der Waals surface area (Å²) in [4.78, 5) is 12.6. The quantitative estimate of drug-likeness (QED) is 0.364. The van der Waals surface area contributed by atoms with Gasteiger partial charge >= 0.3 is 0 Å². The van der Waals surface area contributed by atoms with E-state index in [0.29, 0.717) is 43.8 Å². The summed E-state index contributed by atoms with van der Waals surface area (Å²) in [7, 11) is 0. The van der Waals surface area contributed by atoms with Crippen molar-refractivity contribution in [1.29, 1.82) is 0 Å². The van der Waals surface area contributed by atoms with Crippen molar-refractivity contribution < 1.29 is 4.79 Å². The van der Waals surface area contributed by atoms with Crippen molar-refractivity contribution >= 4 is 64.1 Å². The molecule has 1 N–H and O–H groups in total. The number of benzene rings is 2. The minimum atomic E-state index is -0.348. The van der Waals surface area contributed by atoms with Gasteiger partial charge in [0.05, 0.1) is 26.1 Å². The van der Waals surface area contributed by atoms with E-state index in [1.807, 2.05) is 30.5 Å². The Morgan fingerprint density at radius 2 is 1.70 bits per heavy atom. The van der Waals surface area contributed by atoms with Crippen molar-refractivity contribution in [3.63, 3.8) is 0 Å². The molecule has 1 amide bonds. The fourth-order valence-corrected chi connectivity index (χ4v) is 4.35. The Kier molecular flexibility index (Phi) is 7.93. The Bertz CT molecular complexity index is 1070. The molecule has 0 aliphatic carbocycles. The van der Waals surface area contributed by atoms with E-state index < -0.39 is 0 Å². The van der Waals surface area contributed by atoms with Crippen LogP contribution in [0.2, 0.25) is 20.1 Å². The van der Waals surface area contributed by atoms with E-state index in [2.05, 4.69) is 15.5 Å². The van der Waals surface area contributed by atoms with Gasteiger partial charge in [-0.2, -0.15) is 0 Å². The van der Waals surface area contributed by atoms with E-state index in [-0.39, 0.29) is 11.9 Å². The van der Waals surface area contributed by atoms with Crippen molar-refractivity contribution in [2.75, 3.05) is 0 Å². The second kappa shape index (κ2) is 10.2. The fourth-order valence-electron chi connectivity index (χ4n) is 2.78. The van der Waals surface area contributed by atoms with E-state index in [1.54, 1.807) is 18.2 Å². The zero-order valence-electron chi connectivity index (χ0n) is 16.1. The summed E-state index contributed by atoms with van der Waals surface area (Å²) in [5.74, 6) is 1.07. The number of rotatable bonds is 7. The predicted molar refractivity (Wildman–Crippen MR) is 124 cm³/mol. The lowest BCUT2D eigenvalue weighted by Gasteiger charge is -2.15. The minimum absolute atomic E-state index is 0.267. The van der Waals surface area contributed by atoms with Crippen LogP contribution in [-0.4, -0.2) is 20.7 Å². The van der Waals surface area contributed by atoms with Gasteiger partial charge in [0.1, 0.15) is 0 Å². The average molecular weight is 504 g/mol. The molecule has 1 aromatic heterocycles. The molecular weight excluding hydrogens is 486 g/mol. The van der Waals surface area contributed by atoms with E-state index in [9.17, 15) is 4.79 Å². The van der Waals surface area contributed by atoms with E-state index in [4.69, 9.17) is 46.4 Å². The lowest BCUT2D eigenvalue weighted by Crippen LogP contribution is -2.28. The first-order valence-corrected chi connectivity index (χ1v) is 11.6. The molecule has 30 heavy (non-hydrogen) atoms. The topological polar surface area (TPSA) is 59.8 Å². The molecule has 5 nitrogen and oxygen atoms in total. The van der Waals surface area contributed by atoms with Crippen LogP contribution in [0.1, 0.15) is 41.6 Å². The van der Waals surface area contributed by atoms with Crippen LogP contribution in [-0.2, 0) is 12.3 Å². The van der Waals surface area contributed by atoms with Crippen LogP contribution >= 0.6 is 58.2 Å². The molecule has 0 aliphatic rings. The summed E-state index contributed by atoms with van der Waals surface area (Å²) in [6.45, 7) is 4.53. The van der Waals surface area contributed by atoms with Crippen LogP contribution in [0, 0.1) is 0 Å². The van der Waals surface area contributed by atoms with Gasteiger partial charge in [-0.15, -0.1) is 10.2 Å². The number of carbonyl (C=O) groups is 1. The zero-order chi connectivity index (χ0) is 21.8. The maximum absolute atomic E-state index is 12.6. The highest BCUT2D eigenvalue weighted by Crippen LogP contribution is 2.28. The Hall–Kier alpha value is -1.44. The third-order valence-electron chi connectivity index (χ3n) is 4.33. The third-order valence-corrected chi connectivity index (χ3v) is 6.85. The van der Waals surface area contributed by atoms with Crippen molar-refractivity contribution in [2.24, 2.45) is 0 Å². The minimum Gasteiger partial charge on any atom is -0.342 e. The van der Waals surface area contributed by atoms with Crippen LogP contribution < -0.4 is 5.32 Å². The lowest BCUT2D eigenvalue weighted by atomic mass is 10.2. The van der Waals surface area contributed by atoms with Crippen molar-refractivity contribution in [3.8, 4) is 0 Å². The largest absolute Gasteiger partial charge is 0.342 e. The molecule has 0 aliphatic heterocycles. The number of hydrogen-bond acceptors (Lipinski definition) is 4. The van der Waals surface area contributed by atoms with Crippen LogP contribution in [0.25, 0.3) is 0 Å². The van der Waals surface area contributed by atoms with Gasteiger partial charge in [-0.05, 0) is 49.7 Å². The Morgan fingerprint density at radius 3 is 2.33 bits per heavy atom. The van der Waals surface area contributed by atoms with Gasteiger partial charge in [0, 0.05) is 17.9 Å². The van der Waals surface area contributed by atoms with Gasteiger partial charge in [-0.1, -0.05) is 64.2 Å². The zero-order valence-corrected chi connectivity index (χ0v) is 20.0. The first kappa shape index (κ1) is 23.2. The maximum Gasteiger partial charge on any atom is 0.251 e. The average Bonchev–Trinajstić information content (AvgIpc) is 3.14. The molecular formula is C20H18Cl4N4OS. The molecule has 10 heteroatoms. The van der Waals surface area contributed by atoms with Gasteiger partial charge in [-0.3, -0.25) is 4.79 Å². The molecule has 3 aromatic rings. The Morgan fingerprint density at radius 1 is 1.03 bits per heavy atom. The van der Waals surface area contributed by atoms with Gasteiger partial charge in [0.25, 0.3) is 5.91 Å². The van der Waals surface area contributed by atoms with Crippen molar-refractivity contribution in [1.82, 2.24) is 20.1 Å². The maximum atomic E-state index is 12.6. The van der Waals surface area contributed by atoms with E-state index in [1.165, 1.54) is 17.8 Å². The second-order valence-electron chi connectivity index (χ2n) is 6.45. The van der Waals surface area contributed by atoms with Crippen LogP contribution in [0.3, 0.4) is 0 Å². The molecule has 0 radical (unpaired) electrons. The van der Waals surface area contributed by atoms with Crippen molar-refractivity contribution in [3.05, 3.63) is 73.4 Å². The molecule has 3 rings (SSSR count). The number of thioether (sulfide) groups is 1. The second-order valence-corrected chi connectivity index (χ2v) is 9.02. The molecule has 158 valence electrons. The number of hydrogen-bond donors (Lipinski definition) is 1. The molecule has 1 atom stereocenters. The fraction of sp³-hybridized carbons (Fsp3) is 0.250. The van der Waals surface area contributed by atoms with E-state index in [0.717, 1.165) is 10.7 Å². The number of halogens is 4. The summed E-state index contributed by atoms with van der Waals surface area (Å²) in [5.41, 5.74) is 1.45. The van der Waals surface area contributed by atoms with Gasteiger partial charge in [-0.25, -0.2) is 0 Å². The summed E-state index contributed by atoms with van der Waals surface area (Å²) in [6.07, 6.45) is 0. The standard InChI is InChI=1S/C20H18Cl4N4OS/c1-3-28-18(11(2)25-19(29)13-5-7-15(22)17(24)9-13)26-27-20(28)30-10-12-4-6-14(21)16(23)8-12/h4-9,11H,3,10H2,1-2H3,(H,25,29)/t11-/m0/s1. The summed E-state index contributed by atoms with van der Waals surface area (Å²) < 4.78 is 1.97.